The smallest absolute Gasteiger partial charge is 0.296 e. The van der Waals surface area contributed by atoms with Crippen LogP contribution >= 0.6 is 0 Å². The normalized spacial score (nSPS) is 13.7. The van der Waals surface area contributed by atoms with Crippen molar-refractivity contribution >= 4 is 68.3 Å². The van der Waals surface area contributed by atoms with Crippen LogP contribution in [-0.2, 0) is 25.4 Å². The molecule has 0 heterocycles. The number of benzene rings is 2. The predicted molar refractivity (Wildman–Crippen MR) is 123 cm³/mol. The Kier molecular flexibility index (Phi) is 9.13. The first kappa shape index (κ1) is 27.8. The van der Waals surface area contributed by atoms with Crippen LogP contribution in [0, 0.1) is 13.8 Å². The van der Waals surface area contributed by atoms with Crippen LogP contribution in [0.3, 0.4) is 0 Å². The molecule has 0 bridgehead atoms. The van der Waals surface area contributed by atoms with Gasteiger partial charge in [-0.05, 0) is 54.6 Å². The zero-order valence-electron chi connectivity index (χ0n) is 16.9. The van der Waals surface area contributed by atoms with Gasteiger partial charge < -0.3 is 9.66 Å². The number of rotatable bonds is 6. The summed E-state index contributed by atoms with van der Waals surface area (Å²) >= 11 is -2.09. The third-order valence-corrected chi connectivity index (χ3v) is 6.08. The molecule has 14 heteroatoms. The second-order valence-electron chi connectivity index (χ2n) is 6.89. The van der Waals surface area contributed by atoms with Gasteiger partial charge >= 0.3 is 0 Å². The van der Waals surface area contributed by atoms with Crippen molar-refractivity contribution in [1.29, 1.82) is 0 Å². The SMILES string of the molecule is Cc1ccc(S(=O)[O-])cc1.[B]C([B])(O)C([B])([B])C([B])([B])OS(=O)(=O)c1ccc(C)cc1. The summed E-state index contributed by atoms with van der Waals surface area (Å²) in [6.07, 6.45) is 0. The molecule has 2 aromatic carbocycles. The zero-order chi connectivity index (χ0) is 24.3. The number of aliphatic hydroxyl groups is 1. The van der Waals surface area contributed by atoms with E-state index in [9.17, 15) is 22.3 Å². The topological polar surface area (TPSA) is 104 Å². The first-order chi connectivity index (χ1) is 13.9. The zero-order valence-corrected chi connectivity index (χ0v) is 18.5. The minimum Gasteiger partial charge on any atom is -0.768 e. The lowest BCUT2D eigenvalue weighted by atomic mass is 9.25. The van der Waals surface area contributed by atoms with Crippen molar-refractivity contribution in [3.05, 3.63) is 59.7 Å². The highest BCUT2D eigenvalue weighted by Gasteiger charge is 2.47. The van der Waals surface area contributed by atoms with E-state index in [4.69, 9.17) is 47.1 Å². The molecule has 2 rings (SSSR count). The molecular weight excluding hydrogens is 429 g/mol. The summed E-state index contributed by atoms with van der Waals surface area (Å²) in [6, 6.07) is 12.3. The van der Waals surface area contributed by atoms with E-state index in [-0.39, 0.29) is 4.90 Å². The number of hydrogen-bond acceptors (Lipinski definition) is 6. The van der Waals surface area contributed by atoms with Gasteiger partial charge in [0.1, 0.15) is 15.7 Å². The Bertz CT molecular complexity index is 1000. The van der Waals surface area contributed by atoms with Crippen LogP contribution in [0.25, 0.3) is 0 Å². The van der Waals surface area contributed by atoms with E-state index in [2.05, 4.69) is 4.18 Å². The van der Waals surface area contributed by atoms with E-state index in [1.165, 1.54) is 24.3 Å². The number of aryl methyl sites for hydroxylation is 2. The molecule has 1 atom stereocenters. The van der Waals surface area contributed by atoms with Crippen molar-refractivity contribution in [2.75, 3.05) is 0 Å². The fourth-order valence-electron chi connectivity index (χ4n) is 1.97. The van der Waals surface area contributed by atoms with Crippen LogP contribution < -0.4 is 0 Å². The van der Waals surface area contributed by atoms with E-state index in [0.29, 0.717) is 4.90 Å². The van der Waals surface area contributed by atoms with Crippen molar-refractivity contribution in [3.8, 4) is 0 Å². The van der Waals surface area contributed by atoms with E-state index in [1.807, 2.05) is 6.92 Å². The Morgan fingerprint density at radius 3 is 1.61 bits per heavy atom. The summed E-state index contributed by atoms with van der Waals surface area (Å²) < 4.78 is 49.4. The fraction of sp³-hybridized carbons (Fsp3) is 0.294. The quantitative estimate of drug-likeness (QED) is 0.361. The van der Waals surface area contributed by atoms with Crippen molar-refractivity contribution in [1.82, 2.24) is 0 Å². The minimum absolute atomic E-state index is 0.234. The molecule has 6 nitrogen and oxygen atoms in total. The summed E-state index contributed by atoms with van der Waals surface area (Å²) in [5.74, 6) is 0. The average Bonchev–Trinajstić information content (AvgIpc) is 2.61. The molecule has 0 saturated heterocycles. The molecule has 0 fully saturated rings. The van der Waals surface area contributed by atoms with Gasteiger partial charge in [0.15, 0.2) is 0 Å². The molecule has 2 aromatic rings. The van der Waals surface area contributed by atoms with Gasteiger partial charge in [0, 0.05) is 10.3 Å². The molecule has 1 N–H and O–H groups in total. The summed E-state index contributed by atoms with van der Waals surface area (Å²) in [4.78, 5) is 0.104. The molecule has 0 aromatic heterocycles. The van der Waals surface area contributed by atoms with Crippen molar-refractivity contribution < 1.29 is 26.5 Å². The summed E-state index contributed by atoms with van der Waals surface area (Å²) in [7, 11) is 27.6. The Morgan fingerprint density at radius 2 is 1.26 bits per heavy atom. The highest BCUT2D eigenvalue weighted by molar-refractivity contribution is 7.86. The monoisotopic (exact) mass is 445 g/mol. The van der Waals surface area contributed by atoms with Crippen LogP contribution in [0.5, 0.6) is 0 Å². The molecule has 0 saturated carbocycles. The molecule has 31 heavy (non-hydrogen) atoms. The summed E-state index contributed by atoms with van der Waals surface area (Å²) in [6.45, 7) is 3.68. The molecule has 0 aliphatic carbocycles. The van der Waals surface area contributed by atoms with Gasteiger partial charge in [-0.15, -0.1) is 0 Å². The fourth-order valence-corrected chi connectivity index (χ4v) is 3.39. The molecule has 150 valence electrons. The highest BCUT2D eigenvalue weighted by atomic mass is 32.2. The molecule has 1 unspecified atom stereocenters. The van der Waals surface area contributed by atoms with Gasteiger partial charge in [0.25, 0.3) is 10.1 Å². The van der Waals surface area contributed by atoms with Crippen molar-refractivity contribution in [2.24, 2.45) is 0 Å². The van der Waals surface area contributed by atoms with E-state index >= 15 is 0 Å². The van der Waals surface area contributed by atoms with Gasteiger partial charge in [-0.25, -0.2) is 0 Å². The molecule has 12 radical (unpaired) electrons. The Hall–Kier alpha value is -1.19. The molecular formula is C17H15B6O6S2-. The lowest BCUT2D eigenvalue weighted by Crippen LogP contribution is -2.61. The Labute approximate surface area is 193 Å². The largest absolute Gasteiger partial charge is 0.768 e. The second kappa shape index (κ2) is 10.2. The first-order valence-corrected chi connectivity index (χ1v) is 11.0. The van der Waals surface area contributed by atoms with Gasteiger partial charge in [0.05, 0.1) is 36.3 Å². The van der Waals surface area contributed by atoms with Gasteiger partial charge in [-0.3, -0.25) is 8.39 Å². The molecule has 0 aliphatic heterocycles. The maximum atomic E-state index is 12.1. The maximum Gasteiger partial charge on any atom is 0.296 e. The average molecular weight is 444 g/mol. The van der Waals surface area contributed by atoms with Gasteiger partial charge in [-0.2, -0.15) is 8.42 Å². The van der Waals surface area contributed by atoms with Gasteiger partial charge in [-0.1, -0.05) is 40.6 Å². The molecule has 0 spiro atoms. The number of hydrogen-bond donors (Lipinski definition) is 1. The Morgan fingerprint density at radius 1 is 0.871 bits per heavy atom. The molecule has 0 aliphatic rings. The predicted octanol–water partition coefficient (Wildman–Crippen LogP) is -0.640. The van der Waals surface area contributed by atoms with Crippen LogP contribution in [0.2, 0.25) is 5.21 Å². The molecule has 0 amide bonds. The van der Waals surface area contributed by atoms with Crippen LogP contribution in [0.1, 0.15) is 11.1 Å². The van der Waals surface area contributed by atoms with E-state index < -0.39 is 37.2 Å². The summed E-state index contributed by atoms with van der Waals surface area (Å²) in [5.41, 5.74) is 1.89. The van der Waals surface area contributed by atoms with E-state index in [0.717, 1.165) is 11.1 Å². The van der Waals surface area contributed by atoms with Crippen molar-refractivity contribution in [2.45, 2.75) is 39.7 Å². The first-order valence-electron chi connectivity index (χ1n) is 8.54. The van der Waals surface area contributed by atoms with Crippen LogP contribution in [0.15, 0.2) is 58.3 Å². The lowest BCUT2D eigenvalue weighted by Gasteiger charge is -2.51. The summed E-state index contributed by atoms with van der Waals surface area (Å²) in [5, 5.41) is 1.23. The maximum absolute atomic E-state index is 12.1. The standard InChI is InChI=1S/C10H8B6O4S.C7H8O2S/c1-6-2-4-7(5-3-6)21(18,19)20-10(15,16)8(11,12)9(13,14)17;1-6-2-4-7(5-3-6)10(8)9/h2-5,17H,1H3;2-5H,1H3,(H,8,9)/p-1. The highest BCUT2D eigenvalue weighted by Crippen LogP contribution is 2.40. The van der Waals surface area contributed by atoms with Crippen molar-refractivity contribution in [3.63, 3.8) is 0 Å². The van der Waals surface area contributed by atoms with Crippen LogP contribution in [0.4, 0.5) is 0 Å². The third kappa shape index (κ3) is 7.42. The van der Waals surface area contributed by atoms with E-state index in [1.54, 1.807) is 31.2 Å². The third-order valence-electron chi connectivity index (χ3n) is 4.08. The second-order valence-corrected chi connectivity index (χ2v) is 9.37. The van der Waals surface area contributed by atoms with Crippen LogP contribution in [-0.4, -0.2) is 80.2 Å². The van der Waals surface area contributed by atoms with Gasteiger partial charge in [0.2, 0.25) is 0 Å². The lowest BCUT2D eigenvalue weighted by molar-refractivity contribution is 0.120. The minimum atomic E-state index is -4.41. The Balaban J connectivity index is 0.000000399.